The first kappa shape index (κ1) is 23.3. The summed E-state index contributed by atoms with van der Waals surface area (Å²) in [6.45, 7) is 0.232. The highest BCUT2D eigenvalue weighted by molar-refractivity contribution is 7.89. The smallest absolute Gasteiger partial charge is 0.262 e. The van der Waals surface area contributed by atoms with E-state index in [1.165, 1.54) is 31.4 Å². The molecule has 0 aliphatic heterocycles. The van der Waals surface area contributed by atoms with Gasteiger partial charge in [0.1, 0.15) is 17.2 Å². The van der Waals surface area contributed by atoms with Gasteiger partial charge in [0.05, 0.1) is 11.5 Å². The summed E-state index contributed by atoms with van der Waals surface area (Å²) in [4.78, 5) is 12.2. The number of methoxy groups -OCH3 is 1. The minimum Gasteiger partial charge on any atom is -0.484 e. The molecule has 32 heavy (non-hydrogen) atoms. The normalized spacial score (nSPS) is 11.0. The summed E-state index contributed by atoms with van der Waals surface area (Å²) in [6.07, 6.45) is 0. The van der Waals surface area contributed by atoms with Gasteiger partial charge in [0, 0.05) is 19.3 Å². The lowest BCUT2D eigenvalue weighted by molar-refractivity contribution is -0.118. The van der Waals surface area contributed by atoms with Crippen LogP contribution in [0.4, 0.5) is 5.69 Å². The van der Waals surface area contributed by atoms with Gasteiger partial charge in [-0.25, -0.2) is 13.1 Å². The Labute approximate surface area is 187 Å². The lowest BCUT2D eigenvalue weighted by atomic mass is 10.3. The molecule has 8 nitrogen and oxygen atoms in total. The fourth-order valence-electron chi connectivity index (χ4n) is 2.65. The quantitative estimate of drug-likeness (QED) is 0.429. The molecule has 2 N–H and O–H groups in total. The van der Waals surface area contributed by atoms with Gasteiger partial charge in [-0.2, -0.15) is 0 Å². The zero-order chi connectivity index (χ0) is 22.8. The van der Waals surface area contributed by atoms with E-state index in [0.717, 1.165) is 5.75 Å². The van der Waals surface area contributed by atoms with Gasteiger partial charge in [-0.3, -0.25) is 4.79 Å². The van der Waals surface area contributed by atoms with E-state index in [1.807, 2.05) is 30.3 Å². The van der Waals surface area contributed by atoms with E-state index in [1.54, 1.807) is 24.3 Å². The molecule has 1 amide bonds. The molecule has 0 unspecified atom stereocenters. The predicted molar refractivity (Wildman–Crippen MR) is 121 cm³/mol. The molecule has 3 aromatic rings. The molecule has 0 aliphatic carbocycles. The molecule has 0 aliphatic rings. The number of sulfonamides is 1. The highest BCUT2D eigenvalue weighted by Crippen LogP contribution is 2.22. The van der Waals surface area contributed by atoms with Crippen molar-refractivity contribution in [3.63, 3.8) is 0 Å². The monoisotopic (exact) mass is 456 g/mol. The number of para-hydroxylation sites is 1. The van der Waals surface area contributed by atoms with Crippen molar-refractivity contribution < 1.29 is 27.4 Å². The number of amides is 1. The second-order valence-electron chi connectivity index (χ2n) is 6.64. The summed E-state index contributed by atoms with van der Waals surface area (Å²) in [5.74, 6) is 1.40. The fourth-order valence-corrected chi connectivity index (χ4v) is 3.67. The Morgan fingerprint density at radius 1 is 0.844 bits per heavy atom. The Kier molecular flexibility index (Phi) is 8.20. The number of carbonyl (C=O) groups is 1. The lowest BCUT2D eigenvalue weighted by Gasteiger charge is -2.10. The average Bonchev–Trinajstić information content (AvgIpc) is 2.80. The van der Waals surface area contributed by atoms with Crippen LogP contribution >= 0.6 is 0 Å². The van der Waals surface area contributed by atoms with Gasteiger partial charge in [-0.15, -0.1) is 0 Å². The molecule has 0 radical (unpaired) electrons. The molecular weight excluding hydrogens is 432 g/mol. The first-order valence-electron chi connectivity index (χ1n) is 9.80. The number of anilines is 1. The third kappa shape index (κ3) is 7.09. The highest BCUT2D eigenvalue weighted by atomic mass is 32.2. The van der Waals surface area contributed by atoms with Crippen molar-refractivity contribution in [2.75, 3.05) is 32.2 Å². The Balaban J connectivity index is 1.47. The van der Waals surface area contributed by atoms with Gasteiger partial charge in [0.25, 0.3) is 5.91 Å². The maximum atomic E-state index is 12.1. The molecule has 0 fully saturated rings. The second-order valence-corrected chi connectivity index (χ2v) is 8.41. The molecule has 0 atom stereocenters. The average molecular weight is 457 g/mol. The van der Waals surface area contributed by atoms with Gasteiger partial charge in [0.15, 0.2) is 6.61 Å². The first-order valence-corrected chi connectivity index (χ1v) is 11.3. The summed E-state index contributed by atoms with van der Waals surface area (Å²) >= 11 is 0. The number of nitrogens with one attached hydrogen (secondary N) is 2. The number of hydrogen-bond donors (Lipinski definition) is 2. The molecule has 3 aromatic carbocycles. The standard InChI is InChI=1S/C23H24N2O6S/c1-29-16-15-24-32(27,28)22-13-11-19(12-14-22)30-17-23(26)25-18-7-9-21(10-8-18)31-20-5-3-2-4-6-20/h2-14,24H,15-17H2,1H3,(H,25,26). The molecule has 0 saturated carbocycles. The van der Waals surface area contributed by atoms with Crippen LogP contribution in [-0.2, 0) is 19.6 Å². The number of hydrogen-bond acceptors (Lipinski definition) is 6. The van der Waals surface area contributed by atoms with E-state index in [-0.39, 0.29) is 30.6 Å². The predicted octanol–water partition coefficient (Wildman–Crippen LogP) is 3.42. The van der Waals surface area contributed by atoms with Gasteiger partial charge in [0.2, 0.25) is 10.0 Å². The molecule has 0 saturated heterocycles. The third-order valence-electron chi connectivity index (χ3n) is 4.22. The van der Waals surface area contributed by atoms with Gasteiger partial charge >= 0.3 is 0 Å². The first-order chi connectivity index (χ1) is 15.5. The fraction of sp³-hybridized carbons (Fsp3) is 0.174. The van der Waals surface area contributed by atoms with Crippen LogP contribution in [-0.4, -0.2) is 41.2 Å². The Morgan fingerprint density at radius 2 is 1.47 bits per heavy atom. The van der Waals surface area contributed by atoms with Gasteiger partial charge in [-0.05, 0) is 60.7 Å². The van der Waals surface area contributed by atoms with E-state index in [9.17, 15) is 13.2 Å². The van der Waals surface area contributed by atoms with E-state index < -0.39 is 10.0 Å². The van der Waals surface area contributed by atoms with Crippen molar-refractivity contribution in [2.24, 2.45) is 0 Å². The molecule has 0 heterocycles. The summed E-state index contributed by atoms with van der Waals surface area (Å²) in [5, 5.41) is 2.73. The Bertz CT molecular complexity index is 1100. The van der Waals surface area contributed by atoms with Crippen LogP contribution in [0.15, 0.2) is 83.8 Å². The van der Waals surface area contributed by atoms with Gasteiger partial charge < -0.3 is 19.5 Å². The second kappa shape index (κ2) is 11.3. The zero-order valence-electron chi connectivity index (χ0n) is 17.5. The SMILES string of the molecule is COCCNS(=O)(=O)c1ccc(OCC(=O)Nc2ccc(Oc3ccccc3)cc2)cc1. The van der Waals surface area contributed by atoms with E-state index in [4.69, 9.17) is 14.2 Å². The van der Waals surface area contributed by atoms with Crippen LogP contribution in [0, 0.1) is 0 Å². The number of rotatable bonds is 11. The van der Waals surface area contributed by atoms with Crippen LogP contribution in [0.25, 0.3) is 0 Å². The largest absolute Gasteiger partial charge is 0.484 e. The van der Waals surface area contributed by atoms with Crippen molar-refractivity contribution in [2.45, 2.75) is 4.90 Å². The van der Waals surface area contributed by atoms with Crippen molar-refractivity contribution in [1.82, 2.24) is 4.72 Å². The number of ether oxygens (including phenoxy) is 3. The minimum atomic E-state index is -3.62. The highest BCUT2D eigenvalue weighted by Gasteiger charge is 2.13. The summed E-state index contributed by atoms with van der Waals surface area (Å²) < 4.78 is 42.7. The summed E-state index contributed by atoms with van der Waals surface area (Å²) in [7, 11) is -2.13. The Hall–Kier alpha value is -3.40. The lowest BCUT2D eigenvalue weighted by Crippen LogP contribution is -2.27. The van der Waals surface area contributed by atoms with E-state index in [0.29, 0.717) is 17.2 Å². The topological polar surface area (TPSA) is 103 Å². The van der Waals surface area contributed by atoms with Gasteiger partial charge in [-0.1, -0.05) is 18.2 Å². The molecule has 9 heteroatoms. The van der Waals surface area contributed by atoms with E-state index in [2.05, 4.69) is 10.0 Å². The maximum Gasteiger partial charge on any atom is 0.262 e. The van der Waals surface area contributed by atoms with Crippen LogP contribution in [0.3, 0.4) is 0 Å². The van der Waals surface area contributed by atoms with Crippen LogP contribution in [0.5, 0.6) is 17.2 Å². The van der Waals surface area contributed by atoms with Crippen LogP contribution in [0.2, 0.25) is 0 Å². The van der Waals surface area contributed by atoms with Crippen molar-refractivity contribution in [3.8, 4) is 17.2 Å². The summed E-state index contributed by atoms with van der Waals surface area (Å²) in [5.41, 5.74) is 0.600. The minimum absolute atomic E-state index is 0.100. The molecule has 0 spiro atoms. The molecule has 0 aromatic heterocycles. The molecular formula is C23H24N2O6S. The number of benzene rings is 3. The Morgan fingerprint density at radius 3 is 2.12 bits per heavy atom. The zero-order valence-corrected chi connectivity index (χ0v) is 18.3. The maximum absolute atomic E-state index is 12.1. The van der Waals surface area contributed by atoms with Crippen molar-refractivity contribution in [3.05, 3.63) is 78.9 Å². The number of carbonyl (C=O) groups excluding carboxylic acids is 1. The van der Waals surface area contributed by atoms with E-state index >= 15 is 0 Å². The third-order valence-corrected chi connectivity index (χ3v) is 5.70. The van der Waals surface area contributed by atoms with Crippen molar-refractivity contribution in [1.29, 1.82) is 0 Å². The van der Waals surface area contributed by atoms with Crippen LogP contribution in [0.1, 0.15) is 0 Å². The molecule has 0 bridgehead atoms. The van der Waals surface area contributed by atoms with Crippen molar-refractivity contribution >= 4 is 21.6 Å². The summed E-state index contributed by atoms with van der Waals surface area (Å²) in [6, 6.07) is 22.2. The van der Waals surface area contributed by atoms with Crippen LogP contribution < -0.4 is 19.5 Å². The molecule has 168 valence electrons. The molecule has 3 rings (SSSR count).